The smallest absolute Gasteiger partial charge is 0.327 e. The van der Waals surface area contributed by atoms with E-state index in [4.69, 9.17) is 0 Å². The summed E-state index contributed by atoms with van der Waals surface area (Å²) in [5.41, 5.74) is -7.07. The lowest BCUT2D eigenvalue weighted by molar-refractivity contribution is -0.290. The summed E-state index contributed by atoms with van der Waals surface area (Å²) in [4.78, 5) is 23.4. The molecule has 1 aromatic rings. The summed E-state index contributed by atoms with van der Waals surface area (Å²) >= 11 is 0. The Labute approximate surface area is 133 Å². The van der Waals surface area contributed by atoms with Gasteiger partial charge in [0.2, 0.25) is 0 Å². The normalized spacial score (nSPS) is 12.6. The van der Waals surface area contributed by atoms with Crippen molar-refractivity contribution >= 4 is 11.7 Å². The fraction of sp³-hybridized carbons (Fsp3) is 0.333. The summed E-state index contributed by atoms with van der Waals surface area (Å²) in [6, 6.07) is 6.04. The predicted molar refractivity (Wildman–Crippen MR) is 73.2 cm³/mol. The summed E-state index contributed by atoms with van der Waals surface area (Å²) in [7, 11) is 0. The first-order chi connectivity index (χ1) is 10.9. The number of amides is 1. The van der Waals surface area contributed by atoms with Crippen molar-refractivity contribution in [3.05, 3.63) is 48.0 Å². The Hall–Kier alpha value is -2.32. The number of Topliss-reactive ketones (excluding diaryl/α,β-unsaturated/α-hetero) is 1. The highest BCUT2D eigenvalue weighted by atomic mass is 19.4. The van der Waals surface area contributed by atoms with Crippen molar-refractivity contribution in [2.45, 2.75) is 31.2 Å². The van der Waals surface area contributed by atoms with Gasteiger partial charge in [-0.3, -0.25) is 9.59 Å². The van der Waals surface area contributed by atoms with Crippen LogP contribution in [0.4, 0.5) is 26.3 Å². The molecular weight excluding hydrogens is 340 g/mol. The molecule has 0 spiro atoms. The zero-order chi connectivity index (χ0) is 18.8. The number of benzene rings is 1. The second-order valence-electron chi connectivity index (χ2n) is 4.82. The zero-order valence-corrected chi connectivity index (χ0v) is 12.4. The van der Waals surface area contributed by atoms with Crippen LogP contribution >= 0.6 is 0 Å². The Morgan fingerprint density at radius 2 is 1.46 bits per heavy atom. The highest BCUT2D eigenvalue weighted by molar-refractivity contribution is 6.00. The zero-order valence-electron chi connectivity index (χ0n) is 12.4. The number of halogens is 6. The molecule has 3 nitrogen and oxygen atoms in total. The lowest BCUT2D eigenvalue weighted by atomic mass is 9.85. The van der Waals surface area contributed by atoms with E-state index in [1.165, 1.54) is 18.2 Å². The fourth-order valence-electron chi connectivity index (χ4n) is 1.97. The molecule has 24 heavy (non-hydrogen) atoms. The van der Waals surface area contributed by atoms with Gasteiger partial charge in [-0.05, 0) is 12.1 Å². The molecule has 1 rings (SSSR count). The van der Waals surface area contributed by atoms with Crippen molar-refractivity contribution in [3.8, 4) is 0 Å². The van der Waals surface area contributed by atoms with E-state index < -0.39 is 47.1 Å². The lowest BCUT2D eigenvalue weighted by Crippen LogP contribution is -2.69. The maximum atomic E-state index is 13.3. The van der Waals surface area contributed by atoms with Gasteiger partial charge in [0.15, 0.2) is 5.78 Å². The quantitative estimate of drug-likeness (QED) is 0.646. The molecule has 0 unspecified atom stereocenters. The average Bonchev–Trinajstić information content (AvgIpc) is 2.49. The standard InChI is InChI=1S/C15H13F6NO2/c1-3-11(23)9(2)13(14(16,17)18,15(19,20)21)22-12(24)10-7-5-4-6-8-10/h4-8H,2-3H2,1H3,(H,22,24). The van der Waals surface area contributed by atoms with Gasteiger partial charge in [-0.1, -0.05) is 31.7 Å². The maximum Gasteiger partial charge on any atom is 0.424 e. The minimum absolute atomic E-state index is 0.424. The number of rotatable bonds is 5. The van der Waals surface area contributed by atoms with E-state index in [9.17, 15) is 35.9 Å². The SMILES string of the molecule is C=C(C(=O)CC)C(NC(=O)c1ccccc1)(C(F)(F)F)C(F)(F)F. The van der Waals surface area contributed by atoms with E-state index in [1.807, 2.05) is 0 Å². The second-order valence-corrected chi connectivity index (χ2v) is 4.82. The molecule has 0 aliphatic rings. The number of ketones is 1. The molecule has 0 aliphatic carbocycles. The minimum atomic E-state index is -6.02. The van der Waals surface area contributed by atoms with Gasteiger partial charge in [0, 0.05) is 17.6 Å². The van der Waals surface area contributed by atoms with Crippen molar-refractivity contribution < 1.29 is 35.9 Å². The Morgan fingerprint density at radius 3 is 1.83 bits per heavy atom. The number of nitrogens with one attached hydrogen (secondary N) is 1. The van der Waals surface area contributed by atoms with E-state index in [1.54, 1.807) is 0 Å². The Morgan fingerprint density at radius 1 is 1.00 bits per heavy atom. The van der Waals surface area contributed by atoms with Gasteiger partial charge >= 0.3 is 12.4 Å². The molecule has 0 heterocycles. The first-order valence-electron chi connectivity index (χ1n) is 6.62. The van der Waals surface area contributed by atoms with Crippen LogP contribution in [0, 0.1) is 0 Å². The number of carbonyl (C=O) groups is 2. The van der Waals surface area contributed by atoms with Gasteiger partial charge in [0.1, 0.15) is 0 Å². The maximum absolute atomic E-state index is 13.3. The fourth-order valence-corrected chi connectivity index (χ4v) is 1.97. The third-order valence-electron chi connectivity index (χ3n) is 3.30. The number of hydrogen-bond donors (Lipinski definition) is 1. The van der Waals surface area contributed by atoms with Gasteiger partial charge in [0.05, 0.1) is 0 Å². The highest BCUT2D eigenvalue weighted by Crippen LogP contribution is 2.47. The second kappa shape index (κ2) is 6.66. The van der Waals surface area contributed by atoms with Gasteiger partial charge < -0.3 is 5.32 Å². The molecule has 0 aromatic heterocycles. The first kappa shape index (κ1) is 19.7. The van der Waals surface area contributed by atoms with Gasteiger partial charge in [0.25, 0.3) is 11.4 Å². The van der Waals surface area contributed by atoms with Crippen LogP contribution in [0.25, 0.3) is 0 Å². The van der Waals surface area contributed by atoms with E-state index in [0.29, 0.717) is 0 Å². The van der Waals surface area contributed by atoms with Crippen molar-refractivity contribution in [2.75, 3.05) is 0 Å². The van der Waals surface area contributed by atoms with Crippen LogP contribution in [-0.4, -0.2) is 29.6 Å². The third-order valence-corrected chi connectivity index (χ3v) is 3.30. The Balaban J connectivity index is 3.50. The van der Waals surface area contributed by atoms with E-state index in [0.717, 1.165) is 24.4 Å². The van der Waals surface area contributed by atoms with Crippen molar-refractivity contribution in [1.29, 1.82) is 0 Å². The molecule has 1 aromatic carbocycles. The third kappa shape index (κ3) is 3.44. The summed E-state index contributed by atoms with van der Waals surface area (Å²) < 4.78 is 80.1. The van der Waals surface area contributed by atoms with E-state index >= 15 is 0 Å². The summed E-state index contributed by atoms with van der Waals surface area (Å²) in [6.07, 6.45) is -12.7. The van der Waals surface area contributed by atoms with Gasteiger partial charge in [-0.2, -0.15) is 26.3 Å². The first-order valence-corrected chi connectivity index (χ1v) is 6.62. The molecule has 0 radical (unpaired) electrons. The predicted octanol–water partition coefficient (Wildman–Crippen LogP) is 3.82. The molecule has 0 saturated carbocycles. The molecule has 0 saturated heterocycles. The molecule has 0 fully saturated rings. The van der Waals surface area contributed by atoms with Crippen molar-refractivity contribution in [3.63, 3.8) is 0 Å². The van der Waals surface area contributed by atoms with Gasteiger partial charge in [-0.25, -0.2) is 0 Å². The molecule has 1 N–H and O–H groups in total. The topological polar surface area (TPSA) is 46.2 Å². The van der Waals surface area contributed by atoms with Gasteiger partial charge in [-0.15, -0.1) is 0 Å². The number of hydrogen-bond acceptors (Lipinski definition) is 2. The van der Waals surface area contributed by atoms with E-state index in [-0.39, 0.29) is 0 Å². The van der Waals surface area contributed by atoms with Crippen LogP contribution in [0.1, 0.15) is 23.7 Å². The average molecular weight is 353 g/mol. The van der Waals surface area contributed by atoms with Crippen LogP contribution in [0.5, 0.6) is 0 Å². The van der Waals surface area contributed by atoms with Crippen LogP contribution in [-0.2, 0) is 4.79 Å². The number of alkyl halides is 6. The molecular formula is C15H13F6NO2. The summed E-state index contributed by atoms with van der Waals surface area (Å²) in [5, 5.41) is 0.932. The molecule has 1 amide bonds. The van der Waals surface area contributed by atoms with Crippen molar-refractivity contribution in [2.24, 2.45) is 0 Å². The van der Waals surface area contributed by atoms with Crippen molar-refractivity contribution in [1.82, 2.24) is 5.32 Å². The van der Waals surface area contributed by atoms with Crippen LogP contribution < -0.4 is 5.32 Å². The monoisotopic (exact) mass is 353 g/mol. The Kier molecular flexibility index (Phi) is 5.47. The van der Waals surface area contributed by atoms with Crippen LogP contribution in [0.15, 0.2) is 42.5 Å². The minimum Gasteiger partial charge on any atom is -0.327 e. The Bertz CT molecular complexity index is 620. The highest BCUT2D eigenvalue weighted by Gasteiger charge is 2.74. The molecule has 0 aliphatic heterocycles. The lowest BCUT2D eigenvalue weighted by Gasteiger charge is -2.38. The van der Waals surface area contributed by atoms with E-state index in [2.05, 4.69) is 6.58 Å². The molecule has 132 valence electrons. The molecule has 0 bridgehead atoms. The number of carbonyl (C=O) groups excluding carboxylic acids is 2. The summed E-state index contributed by atoms with van der Waals surface area (Å²) in [6.45, 7) is 3.76. The summed E-state index contributed by atoms with van der Waals surface area (Å²) in [5.74, 6) is -3.09. The largest absolute Gasteiger partial charge is 0.424 e. The van der Waals surface area contributed by atoms with Crippen LogP contribution in [0.3, 0.4) is 0 Å². The molecule has 9 heteroatoms. The van der Waals surface area contributed by atoms with Crippen LogP contribution in [0.2, 0.25) is 0 Å². The molecule has 0 atom stereocenters.